The van der Waals surface area contributed by atoms with E-state index in [1.807, 2.05) is 0 Å². The van der Waals surface area contributed by atoms with Crippen molar-refractivity contribution in [2.45, 2.75) is 32.4 Å². The quantitative estimate of drug-likeness (QED) is 0.568. The zero-order valence-corrected chi connectivity index (χ0v) is 16.7. The molecule has 8 nitrogen and oxygen atoms in total. The minimum Gasteiger partial charge on any atom is -0.465 e. The number of ether oxygens (including phenoxy) is 3. The number of benzene rings is 1. The van der Waals surface area contributed by atoms with Crippen molar-refractivity contribution in [2.24, 2.45) is 0 Å². The number of carbonyl (C=O) groups is 2. The van der Waals surface area contributed by atoms with Gasteiger partial charge in [-0.2, -0.15) is 0 Å². The van der Waals surface area contributed by atoms with Crippen molar-refractivity contribution in [3.05, 3.63) is 45.2 Å². The van der Waals surface area contributed by atoms with Crippen molar-refractivity contribution >= 4 is 33.8 Å². The number of carbonyl (C=O) groups excluding carboxylic acids is 2. The van der Waals surface area contributed by atoms with Crippen molar-refractivity contribution in [2.75, 3.05) is 20.8 Å². The van der Waals surface area contributed by atoms with Gasteiger partial charge in [0, 0.05) is 19.3 Å². The van der Waals surface area contributed by atoms with E-state index in [9.17, 15) is 14.4 Å². The molecule has 0 radical (unpaired) electrons. The fourth-order valence-corrected chi connectivity index (χ4v) is 3.64. The molecule has 0 spiro atoms. The number of hydrogen-bond acceptors (Lipinski definition) is 7. The number of esters is 2. The maximum absolute atomic E-state index is 15.2. The molecule has 9 heteroatoms. The molecule has 1 saturated carbocycles. The Balaban J connectivity index is 2.14. The normalized spacial score (nSPS) is 13.7. The highest BCUT2D eigenvalue weighted by atomic mass is 19.1. The molecule has 0 saturated heterocycles. The molecule has 30 heavy (non-hydrogen) atoms. The van der Waals surface area contributed by atoms with E-state index in [-0.39, 0.29) is 52.5 Å². The lowest BCUT2D eigenvalue weighted by atomic mass is 10.0. The van der Waals surface area contributed by atoms with Gasteiger partial charge in [0.05, 0.1) is 30.0 Å². The summed E-state index contributed by atoms with van der Waals surface area (Å²) in [5.41, 5.74) is -0.563. The van der Waals surface area contributed by atoms with Crippen LogP contribution in [0.15, 0.2) is 21.5 Å². The summed E-state index contributed by atoms with van der Waals surface area (Å²) in [5.74, 6) is -2.28. The Morgan fingerprint density at radius 2 is 2.00 bits per heavy atom. The average molecular weight is 417 g/mol. The summed E-state index contributed by atoms with van der Waals surface area (Å²) < 4.78 is 37.6. The molecule has 0 unspecified atom stereocenters. The maximum Gasteiger partial charge on any atom is 0.343 e. The van der Waals surface area contributed by atoms with Crippen molar-refractivity contribution in [1.82, 2.24) is 4.57 Å². The summed E-state index contributed by atoms with van der Waals surface area (Å²) in [7, 11) is 2.59. The monoisotopic (exact) mass is 417 g/mol. The van der Waals surface area contributed by atoms with E-state index in [1.54, 1.807) is 11.5 Å². The highest BCUT2D eigenvalue weighted by molar-refractivity contribution is 6.12. The third-order valence-corrected chi connectivity index (χ3v) is 5.08. The van der Waals surface area contributed by atoms with Crippen LogP contribution in [0.3, 0.4) is 0 Å². The molecule has 0 aliphatic heterocycles. The van der Waals surface area contributed by atoms with Gasteiger partial charge >= 0.3 is 11.9 Å². The smallest absolute Gasteiger partial charge is 0.343 e. The molecule has 4 rings (SSSR count). The minimum atomic E-state index is -0.829. The molecule has 0 atom stereocenters. The number of aromatic nitrogens is 1. The summed E-state index contributed by atoms with van der Waals surface area (Å²) >= 11 is 0. The first-order valence-electron chi connectivity index (χ1n) is 9.49. The lowest BCUT2D eigenvalue weighted by Crippen LogP contribution is -2.21. The SMILES string of the molecule is CCOC(=O)c1cn(C2CC2)c2c(cc(F)c3c(C(=O)OC)c(COC)oc32)c1=O. The molecule has 0 amide bonds. The van der Waals surface area contributed by atoms with Crippen LogP contribution in [0.2, 0.25) is 0 Å². The molecule has 2 aromatic heterocycles. The maximum atomic E-state index is 15.2. The van der Waals surface area contributed by atoms with Crippen LogP contribution in [0.25, 0.3) is 21.9 Å². The molecule has 1 aromatic carbocycles. The zero-order valence-electron chi connectivity index (χ0n) is 16.7. The van der Waals surface area contributed by atoms with Crippen LogP contribution in [0.1, 0.15) is 52.3 Å². The van der Waals surface area contributed by atoms with Gasteiger partial charge in [0.1, 0.15) is 29.3 Å². The van der Waals surface area contributed by atoms with E-state index in [4.69, 9.17) is 18.6 Å². The average Bonchev–Trinajstić information content (AvgIpc) is 3.49. The molecule has 1 aliphatic rings. The molecular formula is C21H20FNO7. The van der Waals surface area contributed by atoms with E-state index in [2.05, 4.69) is 0 Å². The fraction of sp³-hybridized carbons (Fsp3) is 0.381. The van der Waals surface area contributed by atoms with E-state index in [0.717, 1.165) is 18.9 Å². The second-order valence-corrected chi connectivity index (χ2v) is 7.01. The first-order chi connectivity index (χ1) is 14.4. The van der Waals surface area contributed by atoms with Gasteiger partial charge in [0.2, 0.25) is 5.43 Å². The highest BCUT2D eigenvalue weighted by Gasteiger charge is 2.32. The van der Waals surface area contributed by atoms with Gasteiger partial charge in [0.25, 0.3) is 0 Å². The van der Waals surface area contributed by atoms with Crippen molar-refractivity contribution < 1.29 is 32.6 Å². The van der Waals surface area contributed by atoms with Crippen LogP contribution in [0.5, 0.6) is 0 Å². The summed E-state index contributed by atoms with van der Waals surface area (Å²) in [6.45, 7) is 1.65. The molecule has 0 bridgehead atoms. The Morgan fingerprint density at radius 1 is 1.27 bits per heavy atom. The molecule has 1 fully saturated rings. The van der Waals surface area contributed by atoms with Crippen molar-refractivity contribution in [3.63, 3.8) is 0 Å². The molecule has 0 N–H and O–H groups in total. The fourth-order valence-electron chi connectivity index (χ4n) is 3.64. The number of rotatable bonds is 6. The number of fused-ring (bicyclic) bond motifs is 3. The first kappa shape index (κ1) is 20.1. The Kier molecular flexibility index (Phi) is 5.07. The Morgan fingerprint density at radius 3 is 2.60 bits per heavy atom. The summed E-state index contributed by atoms with van der Waals surface area (Å²) in [5, 5.41) is -0.106. The number of furan rings is 1. The van der Waals surface area contributed by atoms with Crippen LogP contribution in [0.4, 0.5) is 4.39 Å². The van der Waals surface area contributed by atoms with Gasteiger partial charge in [-0.05, 0) is 25.8 Å². The van der Waals surface area contributed by atoms with E-state index in [1.165, 1.54) is 20.4 Å². The number of pyridine rings is 1. The summed E-state index contributed by atoms with van der Waals surface area (Å²) in [6.07, 6.45) is 3.08. The summed E-state index contributed by atoms with van der Waals surface area (Å²) in [4.78, 5) is 37.7. The zero-order chi connectivity index (χ0) is 21.6. The predicted molar refractivity (Wildman–Crippen MR) is 104 cm³/mol. The van der Waals surface area contributed by atoms with Crippen LogP contribution < -0.4 is 5.43 Å². The number of halogens is 1. The van der Waals surface area contributed by atoms with Gasteiger partial charge < -0.3 is 23.2 Å². The van der Waals surface area contributed by atoms with Crippen molar-refractivity contribution in [1.29, 1.82) is 0 Å². The first-order valence-corrected chi connectivity index (χ1v) is 9.49. The molecule has 158 valence electrons. The third kappa shape index (κ3) is 3.06. The summed E-state index contributed by atoms with van der Waals surface area (Å²) in [6, 6.07) is 1.05. The van der Waals surface area contributed by atoms with Gasteiger partial charge in [-0.1, -0.05) is 0 Å². The Labute approximate surface area is 170 Å². The largest absolute Gasteiger partial charge is 0.465 e. The van der Waals surface area contributed by atoms with Crippen LogP contribution in [0, 0.1) is 5.82 Å². The third-order valence-electron chi connectivity index (χ3n) is 5.08. The predicted octanol–water partition coefficient (Wildman–Crippen LogP) is 3.33. The van der Waals surface area contributed by atoms with Gasteiger partial charge in [-0.15, -0.1) is 0 Å². The lowest BCUT2D eigenvalue weighted by molar-refractivity contribution is 0.0523. The number of nitrogens with zero attached hydrogens (tertiary/aromatic N) is 1. The molecule has 2 heterocycles. The second kappa shape index (κ2) is 7.56. The van der Waals surface area contributed by atoms with Crippen LogP contribution in [-0.4, -0.2) is 37.3 Å². The topological polar surface area (TPSA) is 97.0 Å². The molecule has 3 aromatic rings. The number of hydrogen-bond donors (Lipinski definition) is 0. The van der Waals surface area contributed by atoms with Crippen LogP contribution >= 0.6 is 0 Å². The Hall–Kier alpha value is -3.20. The standard InChI is InChI=1S/C21H20FNO7/c1-4-29-20(25)12-8-23(10-5-6-10)17-11(18(12)24)7-13(22)15-16(21(26)28-3)14(9-27-2)30-19(15)17/h7-8,10H,4-6,9H2,1-3H3. The Bertz CT molecular complexity index is 1240. The van der Waals surface area contributed by atoms with Gasteiger partial charge in [-0.25, -0.2) is 14.0 Å². The van der Waals surface area contributed by atoms with Gasteiger partial charge in [0.15, 0.2) is 5.58 Å². The van der Waals surface area contributed by atoms with E-state index >= 15 is 4.39 Å². The second-order valence-electron chi connectivity index (χ2n) is 7.01. The lowest BCUT2D eigenvalue weighted by Gasteiger charge is -2.13. The van der Waals surface area contributed by atoms with E-state index < -0.39 is 23.2 Å². The molecule has 1 aliphatic carbocycles. The van der Waals surface area contributed by atoms with Crippen LogP contribution in [-0.2, 0) is 20.8 Å². The van der Waals surface area contributed by atoms with Gasteiger partial charge in [-0.3, -0.25) is 4.79 Å². The molecular weight excluding hydrogens is 397 g/mol. The minimum absolute atomic E-state index is 0.0208. The number of methoxy groups -OCH3 is 2. The van der Waals surface area contributed by atoms with Crippen molar-refractivity contribution in [3.8, 4) is 0 Å². The highest BCUT2D eigenvalue weighted by Crippen LogP contribution is 2.41. The van der Waals surface area contributed by atoms with E-state index in [0.29, 0.717) is 5.52 Å².